The summed E-state index contributed by atoms with van der Waals surface area (Å²) in [6.07, 6.45) is 4.44. The molecular formula is C22H15ClFN7. The number of aromatic nitrogens is 6. The van der Waals surface area contributed by atoms with E-state index < -0.39 is 5.82 Å². The predicted molar refractivity (Wildman–Crippen MR) is 117 cm³/mol. The summed E-state index contributed by atoms with van der Waals surface area (Å²) in [6, 6.07) is 10.1. The van der Waals surface area contributed by atoms with Crippen LogP contribution < -0.4 is 5.32 Å². The molecule has 0 saturated heterocycles. The molecule has 9 heteroatoms. The van der Waals surface area contributed by atoms with Crippen molar-refractivity contribution in [2.24, 2.45) is 0 Å². The Balaban J connectivity index is 1.46. The van der Waals surface area contributed by atoms with Gasteiger partial charge in [-0.3, -0.25) is 15.2 Å². The first kappa shape index (κ1) is 18.0. The third-order valence-electron chi connectivity index (χ3n) is 5.46. The van der Waals surface area contributed by atoms with Crippen molar-refractivity contribution in [3.05, 3.63) is 65.2 Å². The molecule has 31 heavy (non-hydrogen) atoms. The Labute approximate surface area is 180 Å². The predicted octanol–water partition coefficient (Wildman–Crippen LogP) is 4.84. The van der Waals surface area contributed by atoms with Crippen molar-refractivity contribution in [1.82, 2.24) is 30.4 Å². The number of halogens is 2. The Morgan fingerprint density at radius 3 is 2.87 bits per heavy atom. The molecule has 6 rings (SSSR count). The summed E-state index contributed by atoms with van der Waals surface area (Å²) in [6.45, 7) is 0.881. The topological polar surface area (TPSA) is 95.2 Å². The standard InChI is InChI=1S/C22H15ClFN7/c23-12-1-2-16(24)14(8-12)21-15(10-27-29-21)17-3-4-18-19(28-17)7-11(9-26-18)20-13-5-6-25-22(13)31-30-20/h1-4,7-10H,5-6H2,(H,27,29)(H2,25,30,31). The third kappa shape index (κ3) is 2.95. The van der Waals surface area contributed by atoms with Crippen LogP contribution in [0.25, 0.3) is 44.8 Å². The first-order valence-corrected chi connectivity index (χ1v) is 10.1. The lowest BCUT2D eigenvalue weighted by molar-refractivity contribution is 0.630. The number of anilines is 1. The first-order chi connectivity index (χ1) is 15.2. The Morgan fingerprint density at radius 2 is 1.94 bits per heavy atom. The highest BCUT2D eigenvalue weighted by atomic mass is 35.5. The Morgan fingerprint density at radius 1 is 1.00 bits per heavy atom. The molecule has 0 fully saturated rings. The van der Waals surface area contributed by atoms with Crippen LogP contribution in [-0.2, 0) is 6.42 Å². The molecule has 0 unspecified atom stereocenters. The van der Waals surface area contributed by atoms with E-state index in [-0.39, 0.29) is 0 Å². The van der Waals surface area contributed by atoms with Crippen LogP contribution >= 0.6 is 11.6 Å². The number of benzene rings is 1. The van der Waals surface area contributed by atoms with Gasteiger partial charge in [-0.1, -0.05) is 11.6 Å². The minimum atomic E-state index is -0.399. The molecule has 0 bridgehead atoms. The van der Waals surface area contributed by atoms with Gasteiger partial charge in [-0.2, -0.15) is 10.2 Å². The van der Waals surface area contributed by atoms with E-state index in [0.717, 1.165) is 46.6 Å². The Kier molecular flexibility index (Phi) is 4.00. The Hall–Kier alpha value is -3.78. The molecule has 7 nitrogen and oxygen atoms in total. The fourth-order valence-electron chi connectivity index (χ4n) is 3.96. The van der Waals surface area contributed by atoms with Crippen LogP contribution in [0.5, 0.6) is 0 Å². The van der Waals surface area contributed by atoms with Crippen molar-refractivity contribution < 1.29 is 4.39 Å². The van der Waals surface area contributed by atoms with Gasteiger partial charge < -0.3 is 5.32 Å². The third-order valence-corrected chi connectivity index (χ3v) is 5.70. The smallest absolute Gasteiger partial charge is 0.151 e. The summed E-state index contributed by atoms with van der Waals surface area (Å²) >= 11 is 6.08. The second-order valence-electron chi connectivity index (χ2n) is 7.33. The van der Waals surface area contributed by atoms with Crippen molar-refractivity contribution in [3.8, 4) is 33.8 Å². The van der Waals surface area contributed by atoms with Crippen molar-refractivity contribution in [3.63, 3.8) is 0 Å². The highest BCUT2D eigenvalue weighted by molar-refractivity contribution is 6.30. The summed E-state index contributed by atoms with van der Waals surface area (Å²) in [5.41, 5.74) is 6.63. The van der Waals surface area contributed by atoms with Gasteiger partial charge in [-0.05, 0) is 42.8 Å². The van der Waals surface area contributed by atoms with Crippen LogP contribution in [-0.4, -0.2) is 36.9 Å². The van der Waals surface area contributed by atoms with Crippen molar-refractivity contribution in [1.29, 1.82) is 0 Å². The first-order valence-electron chi connectivity index (χ1n) is 9.75. The molecule has 0 spiro atoms. The average molecular weight is 432 g/mol. The minimum absolute atomic E-state index is 0.318. The number of pyridine rings is 2. The largest absolute Gasteiger partial charge is 0.368 e. The molecule has 1 aliphatic rings. The fraction of sp³-hybridized carbons (Fsp3) is 0.0909. The van der Waals surface area contributed by atoms with E-state index in [1.807, 2.05) is 24.4 Å². The number of aromatic amines is 2. The summed E-state index contributed by atoms with van der Waals surface area (Å²) < 4.78 is 14.4. The molecule has 0 amide bonds. The number of nitrogens with one attached hydrogen (secondary N) is 3. The van der Waals surface area contributed by atoms with E-state index in [0.29, 0.717) is 27.5 Å². The van der Waals surface area contributed by atoms with Crippen molar-refractivity contribution in [2.45, 2.75) is 6.42 Å². The van der Waals surface area contributed by atoms with Gasteiger partial charge >= 0.3 is 0 Å². The van der Waals surface area contributed by atoms with Crippen LogP contribution in [0.1, 0.15) is 5.56 Å². The summed E-state index contributed by atoms with van der Waals surface area (Å²) in [5, 5.41) is 18.2. The van der Waals surface area contributed by atoms with Gasteiger partial charge in [-0.15, -0.1) is 0 Å². The zero-order chi connectivity index (χ0) is 20.9. The van der Waals surface area contributed by atoms with Gasteiger partial charge in [0.15, 0.2) is 5.82 Å². The molecule has 0 atom stereocenters. The zero-order valence-corrected chi connectivity index (χ0v) is 16.8. The SMILES string of the molecule is Fc1ccc(Cl)cc1-c1n[nH]cc1-c1ccc2ncc(-c3[nH]nc4c3CCN4)cc2n1. The van der Waals surface area contributed by atoms with E-state index in [2.05, 4.69) is 30.7 Å². The maximum absolute atomic E-state index is 14.4. The minimum Gasteiger partial charge on any atom is -0.368 e. The van der Waals surface area contributed by atoms with Crippen LogP contribution in [0.15, 0.2) is 48.8 Å². The Bertz CT molecular complexity index is 1460. The molecule has 3 N–H and O–H groups in total. The molecule has 5 aromatic rings. The molecule has 152 valence electrons. The zero-order valence-electron chi connectivity index (χ0n) is 16.1. The highest BCUT2D eigenvalue weighted by Crippen LogP contribution is 2.34. The summed E-state index contributed by atoms with van der Waals surface area (Å²) in [4.78, 5) is 9.35. The second kappa shape index (κ2) is 6.88. The quantitative estimate of drug-likeness (QED) is 0.380. The van der Waals surface area contributed by atoms with E-state index >= 15 is 0 Å². The summed E-state index contributed by atoms with van der Waals surface area (Å²) in [5.74, 6) is 0.493. The van der Waals surface area contributed by atoms with E-state index in [4.69, 9.17) is 16.6 Å². The fourth-order valence-corrected chi connectivity index (χ4v) is 4.13. The lowest BCUT2D eigenvalue weighted by Crippen LogP contribution is -1.95. The number of hydrogen-bond donors (Lipinski definition) is 3. The monoisotopic (exact) mass is 431 g/mol. The molecule has 5 heterocycles. The lowest BCUT2D eigenvalue weighted by Gasteiger charge is -2.07. The number of fused-ring (bicyclic) bond motifs is 2. The average Bonchev–Trinajstić information content (AvgIpc) is 3.52. The molecule has 1 aromatic carbocycles. The van der Waals surface area contributed by atoms with Gasteiger partial charge in [0.25, 0.3) is 0 Å². The number of nitrogens with zero attached hydrogens (tertiary/aromatic N) is 4. The second-order valence-corrected chi connectivity index (χ2v) is 7.77. The van der Waals surface area contributed by atoms with Crippen LogP contribution in [0.3, 0.4) is 0 Å². The van der Waals surface area contributed by atoms with Crippen molar-refractivity contribution >= 4 is 28.5 Å². The molecule has 0 saturated carbocycles. The number of rotatable bonds is 3. The van der Waals surface area contributed by atoms with Gasteiger partial charge in [0.05, 0.1) is 22.4 Å². The van der Waals surface area contributed by atoms with Gasteiger partial charge in [-0.25, -0.2) is 9.37 Å². The normalized spacial score (nSPS) is 12.8. The molecule has 0 aliphatic carbocycles. The van der Waals surface area contributed by atoms with E-state index in [1.165, 1.54) is 12.1 Å². The van der Waals surface area contributed by atoms with Gasteiger partial charge in [0.1, 0.15) is 11.5 Å². The molecule has 0 radical (unpaired) electrons. The van der Waals surface area contributed by atoms with Gasteiger partial charge in [0.2, 0.25) is 0 Å². The molecule has 4 aromatic heterocycles. The van der Waals surface area contributed by atoms with Crippen molar-refractivity contribution in [2.75, 3.05) is 11.9 Å². The maximum Gasteiger partial charge on any atom is 0.151 e. The van der Waals surface area contributed by atoms with E-state index in [9.17, 15) is 4.39 Å². The van der Waals surface area contributed by atoms with Gasteiger partial charge in [0, 0.05) is 46.2 Å². The molecular weight excluding hydrogens is 417 g/mol. The van der Waals surface area contributed by atoms with Crippen LogP contribution in [0.2, 0.25) is 5.02 Å². The van der Waals surface area contributed by atoms with Crippen LogP contribution in [0.4, 0.5) is 10.2 Å². The number of hydrogen-bond acceptors (Lipinski definition) is 5. The van der Waals surface area contributed by atoms with Crippen LogP contribution in [0, 0.1) is 5.82 Å². The maximum atomic E-state index is 14.4. The molecule has 1 aliphatic heterocycles. The highest BCUT2D eigenvalue weighted by Gasteiger charge is 2.20. The summed E-state index contributed by atoms with van der Waals surface area (Å²) in [7, 11) is 0. The van der Waals surface area contributed by atoms with E-state index in [1.54, 1.807) is 12.3 Å². The number of H-pyrrole nitrogens is 2. The lowest BCUT2D eigenvalue weighted by atomic mass is 10.0.